The van der Waals surface area contributed by atoms with Crippen LogP contribution in [0.1, 0.15) is 35.2 Å². The average Bonchev–Trinajstić information content (AvgIpc) is 3.06. The van der Waals surface area contributed by atoms with Crippen LogP contribution in [0.25, 0.3) is 5.76 Å². The summed E-state index contributed by atoms with van der Waals surface area (Å²) in [5.41, 5.74) is 2.89. The fourth-order valence-corrected chi connectivity index (χ4v) is 4.19. The lowest BCUT2D eigenvalue weighted by molar-refractivity contribution is -0.140. The second-order valence-corrected chi connectivity index (χ2v) is 8.12. The summed E-state index contributed by atoms with van der Waals surface area (Å²) < 4.78 is 5.53. The molecule has 0 aliphatic carbocycles. The van der Waals surface area contributed by atoms with Gasteiger partial charge in [-0.25, -0.2) is 0 Å². The van der Waals surface area contributed by atoms with Crippen LogP contribution in [0.3, 0.4) is 0 Å². The van der Waals surface area contributed by atoms with E-state index in [0.717, 1.165) is 16.7 Å². The highest BCUT2D eigenvalue weighted by Gasteiger charge is 2.46. The van der Waals surface area contributed by atoms with Crippen LogP contribution in [0.2, 0.25) is 5.02 Å². The zero-order chi connectivity index (χ0) is 23.5. The van der Waals surface area contributed by atoms with Gasteiger partial charge in [0.1, 0.15) is 11.5 Å². The molecule has 1 atom stereocenters. The Morgan fingerprint density at radius 1 is 1.12 bits per heavy atom. The van der Waals surface area contributed by atoms with Gasteiger partial charge < -0.3 is 14.7 Å². The first-order valence-electron chi connectivity index (χ1n) is 10.6. The highest BCUT2D eigenvalue weighted by molar-refractivity contribution is 6.46. The summed E-state index contributed by atoms with van der Waals surface area (Å²) in [7, 11) is 0. The van der Waals surface area contributed by atoms with E-state index in [4.69, 9.17) is 16.3 Å². The summed E-state index contributed by atoms with van der Waals surface area (Å²) in [5.74, 6) is -1.28. The topological polar surface area (TPSA) is 79.7 Å². The van der Waals surface area contributed by atoms with E-state index in [-0.39, 0.29) is 17.9 Å². The highest BCUT2D eigenvalue weighted by Crippen LogP contribution is 2.42. The monoisotopic (exact) mass is 462 g/mol. The first-order chi connectivity index (χ1) is 15.9. The Morgan fingerprint density at radius 3 is 2.55 bits per heavy atom. The van der Waals surface area contributed by atoms with Gasteiger partial charge in [-0.15, -0.1) is 0 Å². The number of hydrogen-bond acceptors (Lipinski definition) is 5. The summed E-state index contributed by atoms with van der Waals surface area (Å²) in [4.78, 5) is 31.9. The third-order valence-corrected chi connectivity index (χ3v) is 5.94. The summed E-state index contributed by atoms with van der Waals surface area (Å²) in [6.45, 7) is 4.33. The lowest BCUT2D eigenvalue weighted by Crippen LogP contribution is -2.29. The van der Waals surface area contributed by atoms with Crippen LogP contribution in [0.5, 0.6) is 5.75 Å². The van der Waals surface area contributed by atoms with Gasteiger partial charge in [0.05, 0.1) is 23.2 Å². The molecule has 1 amide bonds. The minimum atomic E-state index is -0.745. The molecule has 1 N–H and O–H groups in total. The van der Waals surface area contributed by atoms with Crippen molar-refractivity contribution < 1.29 is 19.4 Å². The largest absolute Gasteiger partial charge is 0.507 e. The molecule has 1 aromatic heterocycles. The smallest absolute Gasteiger partial charge is 0.295 e. The van der Waals surface area contributed by atoms with Crippen molar-refractivity contribution in [2.45, 2.75) is 26.4 Å². The van der Waals surface area contributed by atoms with E-state index in [0.29, 0.717) is 22.9 Å². The van der Waals surface area contributed by atoms with Crippen LogP contribution in [0.4, 0.5) is 0 Å². The number of aliphatic hydroxyl groups is 1. The molecule has 1 aliphatic heterocycles. The van der Waals surface area contributed by atoms with Crippen molar-refractivity contribution in [3.05, 3.63) is 99.8 Å². The van der Waals surface area contributed by atoms with Gasteiger partial charge in [0.2, 0.25) is 0 Å². The van der Waals surface area contributed by atoms with Gasteiger partial charge in [-0.2, -0.15) is 0 Å². The maximum absolute atomic E-state index is 13.2. The van der Waals surface area contributed by atoms with Crippen LogP contribution in [-0.4, -0.2) is 33.3 Å². The molecule has 1 saturated heterocycles. The number of rotatable bonds is 6. The molecule has 2 heterocycles. The minimum absolute atomic E-state index is 0.0353. The number of aliphatic hydroxyl groups excluding tert-OH is 1. The van der Waals surface area contributed by atoms with Crippen molar-refractivity contribution in [2.24, 2.45) is 0 Å². The third-order valence-electron chi connectivity index (χ3n) is 5.63. The number of aromatic nitrogens is 1. The van der Waals surface area contributed by atoms with Gasteiger partial charge in [0, 0.05) is 24.5 Å². The number of likely N-dealkylation sites (tertiary alicyclic amines) is 1. The van der Waals surface area contributed by atoms with E-state index in [2.05, 4.69) is 4.98 Å². The number of amides is 1. The molecule has 3 aromatic rings. The number of benzene rings is 2. The van der Waals surface area contributed by atoms with Crippen LogP contribution in [0.15, 0.2) is 72.6 Å². The first kappa shape index (κ1) is 22.6. The van der Waals surface area contributed by atoms with Crippen molar-refractivity contribution in [2.75, 3.05) is 6.61 Å². The van der Waals surface area contributed by atoms with Crippen molar-refractivity contribution in [3.8, 4) is 5.75 Å². The van der Waals surface area contributed by atoms with Crippen LogP contribution in [0, 0.1) is 6.92 Å². The summed E-state index contributed by atoms with van der Waals surface area (Å²) in [5, 5.41) is 11.7. The van der Waals surface area contributed by atoms with Gasteiger partial charge in [-0.1, -0.05) is 35.9 Å². The standard InChI is InChI=1S/C26H23ClN2O4/c1-3-33-21-14-18(8-9-20(21)27)24(30)22-23(19-7-5-4-6-16(19)2)29(26(32)25(22)31)15-17-10-12-28-13-11-17/h4-14,23,30H,3,15H2,1-2H3/b24-22+. The predicted octanol–water partition coefficient (Wildman–Crippen LogP) is 5.06. The number of pyridine rings is 1. The molecule has 0 spiro atoms. The molecule has 0 bridgehead atoms. The van der Waals surface area contributed by atoms with Crippen molar-refractivity contribution in [1.29, 1.82) is 0 Å². The second kappa shape index (κ2) is 9.46. The highest BCUT2D eigenvalue weighted by atomic mass is 35.5. The van der Waals surface area contributed by atoms with Gasteiger partial charge in [0.15, 0.2) is 0 Å². The Labute approximate surface area is 197 Å². The number of Topliss-reactive ketones (excluding diaryl/α,β-unsaturated/α-hetero) is 1. The van der Waals surface area contributed by atoms with Crippen LogP contribution >= 0.6 is 11.6 Å². The average molecular weight is 463 g/mol. The van der Waals surface area contributed by atoms with E-state index < -0.39 is 17.7 Å². The molecule has 1 aliphatic rings. The zero-order valence-corrected chi connectivity index (χ0v) is 19.0. The zero-order valence-electron chi connectivity index (χ0n) is 18.3. The SMILES string of the molecule is CCOc1cc(/C(O)=C2\C(=O)C(=O)N(Cc3ccncc3)C2c2ccccc2C)ccc1Cl. The fraction of sp³-hybridized carbons (Fsp3) is 0.192. The number of carbonyl (C=O) groups excluding carboxylic acids is 2. The van der Waals surface area contributed by atoms with Crippen LogP contribution < -0.4 is 4.74 Å². The van der Waals surface area contributed by atoms with E-state index in [1.54, 1.807) is 42.7 Å². The van der Waals surface area contributed by atoms with E-state index in [1.165, 1.54) is 4.90 Å². The second-order valence-electron chi connectivity index (χ2n) is 7.72. The molecule has 4 rings (SSSR count). The van der Waals surface area contributed by atoms with E-state index in [1.807, 2.05) is 38.1 Å². The third kappa shape index (κ3) is 4.34. The maximum atomic E-state index is 13.2. The number of carbonyl (C=O) groups is 2. The quantitative estimate of drug-likeness (QED) is 0.314. The normalized spacial score (nSPS) is 17.4. The van der Waals surface area contributed by atoms with Gasteiger partial charge in [-0.05, 0) is 60.9 Å². The number of hydrogen-bond donors (Lipinski definition) is 1. The van der Waals surface area contributed by atoms with E-state index >= 15 is 0 Å². The Bertz CT molecular complexity index is 1240. The van der Waals surface area contributed by atoms with E-state index in [9.17, 15) is 14.7 Å². The number of halogens is 1. The summed E-state index contributed by atoms with van der Waals surface area (Å²) in [6, 6.07) is 15.1. The molecule has 168 valence electrons. The Hall–Kier alpha value is -3.64. The number of aryl methyl sites for hydroxylation is 1. The molecule has 7 heteroatoms. The molecular formula is C26H23ClN2O4. The molecule has 2 aromatic carbocycles. The number of ether oxygens (including phenoxy) is 1. The molecule has 0 saturated carbocycles. The summed E-state index contributed by atoms with van der Waals surface area (Å²) in [6.07, 6.45) is 3.27. The number of ketones is 1. The van der Waals surface area contributed by atoms with Gasteiger partial charge in [0.25, 0.3) is 11.7 Å². The van der Waals surface area contributed by atoms with Crippen LogP contribution in [-0.2, 0) is 16.1 Å². The fourth-order valence-electron chi connectivity index (χ4n) is 4.02. The Morgan fingerprint density at radius 2 is 1.85 bits per heavy atom. The minimum Gasteiger partial charge on any atom is -0.507 e. The lowest BCUT2D eigenvalue weighted by atomic mass is 9.92. The van der Waals surface area contributed by atoms with Crippen molar-refractivity contribution >= 4 is 29.1 Å². The van der Waals surface area contributed by atoms with Gasteiger partial charge in [-0.3, -0.25) is 14.6 Å². The molecule has 33 heavy (non-hydrogen) atoms. The Balaban J connectivity index is 1.88. The molecular weight excluding hydrogens is 440 g/mol. The van der Waals surface area contributed by atoms with Gasteiger partial charge >= 0.3 is 0 Å². The molecule has 1 fully saturated rings. The molecule has 1 unspecified atom stereocenters. The Kier molecular flexibility index (Phi) is 6.47. The van der Waals surface area contributed by atoms with Crippen molar-refractivity contribution in [1.82, 2.24) is 9.88 Å². The molecule has 6 nitrogen and oxygen atoms in total. The van der Waals surface area contributed by atoms with Crippen molar-refractivity contribution in [3.63, 3.8) is 0 Å². The predicted molar refractivity (Wildman–Crippen MR) is 126 cm³/mol. The first-order valence-corrected chi connectivity index (χ1v) is 11.0. The number of nitrogens with zero attached hydrogens (tertiary/aromatic N) is 2. The molecule has 0 radical (unpaired) electrons. The maximum Gasteiger partial charge on any atom is 0.295 e. The lowest BCUT2D eigenvalue weighted by Gasteiger charge is -2.26. The summed E-state index contributed by atoms with van der Waals surface area (Å²) >= 11 is 6.19.